The molecule has 0 radical (unpaired) electrons. The van der Waals surface area contributed by atoms with Crippen LogP contribution in [-0.4, -0.2) is 20.7 Å². The highest BCUT2D eigenvalue weighted by molar-refractivity contribution is 5.91. The van der Waals surface area contributed by atoms with Crippen LogP contribution in [0.15, 0.2) is 97.1 Å². The zero-order valence-corrected chi connectivity index (χ0v) is 19.3. The van der Waals surface area contributed by atoms with Crippen LogP contribution in [0.1, 0.15) is 34.7 Å². The Morgan fingerprint density at radius 3 is 2.15 bits per heavy atom. The molecule has 2 aromatic heterocycles. The van der Waals surface area contributed by atoms with Crippen LogP contribution in [0.5, 0.6) is 0 Å². The molecule has 0 saturated heterocycles. The molecule has 3 aromatic carbocycles. The molecular weight excluding hydrogens is 420 g/mol. The number of fused-ring (bicyclic) bond motifs is 1. The summed E-state index contributed by atoms with van der Waals surface area (Å²) < 4.78 is 1.71. The first-order chi connectivity index (χ1) is 16.6. The molecule has 5 aromatic rings. The topological polar surface area (TPSA) is 59.8 Å². The Bertz CT molecular complexity index is 1400. The summed E-state index contributed by atoms with van der Waals surface area (Å²) in [6.07, 6.45) is 0.322. The van der Waals surface area contributed by atoms with Crippen LogP contribution in [0.2, 0.25) is 0 Å². The molecule has 0 saturated carbocycles. The third-order valence-corrected chi connectivity index (χ3v) is 6.02. The fraction of sp³-hybridized carbons (Fsp3) is 0.138. The number of rotatable bonds is 6. The van der Waals surface area contributed by atoms with Crippen LogP contribution in [-0.2, 0) is 4.79 Å². The lowest BCUT2D eigenvalue weighted by Crippen LogP contribution is -2.19. The minimum atomic E-state index is -0.0728. The average molecular weight is 447 g/mol. The van der Waals surface area contributed by atoms with Gasteiger partial charge in [0.1, 0.15) is 5.82 Å². The number of nitrogens with one attached hydrogen (secondary N) is 1. The zero-order valence-electron chi connectivity index (χ0n) is 19.3. The molecule has 1 amide bonds. The maximum Gasteiger partial charge on any atom is 0.226 e. The molecule has 2 heterocycles. The monoisotopic (exact) mass is 446 g/mol. The normalized spacial score (nSPS) is 11.1. The van der Waals surface area contributed by atoms with Crippen molar-refractivity contribution >= 4 is 22.6 Å². The van der Waals surface area contributed by atoms with Crippen molar-refractivity contribution in [1.29, 1.82) is 0 Å². The number of para-hydroxylation sites is 1. The summed E-state index contributed by atoms with van der Waals surface area (Å²) >= 11 is 0. The minimum absolute atomic E-state index is 0.0408. The van der Waals surface area contributed by atoms with Crippen molar-refractivity contribution in [3.63, 3.8) is 0 Å². The van der Waals surface area contributed by atoms with Gasteiger partial charge in [-0.05, 0) is 42.7 Å². The molecule has 0 atom stereocenters. The second kappa shape index (κ2) is 9.32. The van der Waals surface area contributed by atoms with E-state index in [0.29, 0.717) is 18.1 Å². The van der Waals surface area contributed by atoms with E-state index in [1.165, 1.54) is 0 Å². The lowest BCUT2D eigenvalue weighted by Gasteiger charge is -2.18. The SMILES string of the molecule is Cc1cc(NC(=O)CC(c2ccccc2)c2ccccc2)n(-c2cc(C)c3ccccc3n2)n1. The number of anilines is 1. The molecule has 168 valence electrons. The Hall–Kier alpha value is -4.25. The van der Waals surface area contributed by atoms with Gasteiger partial charge >= 0.3 is 0 Å². The van der Waals surface area contributed by atoms with Crippen LogP contribution in [0.4, 0.5) is 5.82 Å². The van der Waals surface area contributed by atoms with E-state index >= 15 is 0 Å². The van der Waals surface area contributed by atoms with Gasteiger partial charge in [-0.25, -0.2) is 4.98 Å². The molecule has 0 unspecified atom stereocenters. The van der Waals surface area contributed by atoms with Gasteiger partial charge in [0, 0.05) is 23.8 Å². The third kappa shape index (κ3) is 4.46. The molecule has 0 aliphatic heterocycles. The number of hydrogen-bond acceptors (Lipinski definition) is 3. The van der Waals surface area contributed by atoms with Gasteiger partial charge in [0.2, 0.25) is 5.91 Å². The maximum atomic E-state index is 13.3. The van der Waals surface area contributed by atoms with Crippen molar-refractivity contribution in [3.8, 4) is 5.82 Å². The van der Waals surface area contributed by atoms with E-state index in [0.717, 1.165) is 33.3 Å². The highest BCUT2D eigenvalue weighted by atomic mass is 16.1. The summed E-state index contributed by atoms with van der Waals surface area (Å²) in [7, 11) is 0. The number of hydrogen-bond donors (Lipinski definition) is 1. The summed E-state index contributed by atoms with van der Waals surface area (Å²) in [6.45, 7) is 3.98. The number of amides is 1. The fourth-order valence-corrected chi connectivity index (χ4v) is 4.38. The van der Waals surface area contributed by atoms with E-state index in [-0.39, 0.29) is 11.8 Å². The number of benzene rings is 3. The first-order valence-corrected chi connectivity index (χ1v) is 11.4. The summed E-state index contributed by atoms with van der Waals surface area (Å²) in [6, 6.07) is 32.2. The molecule has 5 rings (SSSR count). The average Bonchev–Trinajstić information content (AvgIpc) is 3.23. The molecule has 0 aliphatic carbocycles. The predicted molar refractivity (Wildman–Crippen MR) is 136 cm³/mol. The van der Waals surface area contributed by atoms with Crippen LogP contribution in [0, 0.1) is 13.8 Å². The second-order valence-corrected chi connectivity index (χ2v) is 8.52. The Balaban J connectivity index is 1.45. The number of carbonyl (C=O) groups is 1. The van der Waals surface area contributed by atoms with E-state index in [1.807, 2.05) is 73.7 Å². The second-order valence-electron chi connectivity index (χ2n) is 8.52. The third-order valence-electron chi connectivity index (χ3n) is 6.02. The van der Waals surface area contributed by atoms with Gasteiger partial charge < -0.3 is 5.32 Å². The van der Waals surface area contributed by atoms with Crippen LogP contribution < -0.4 is 5.32 Å². The lowest BCUT2D eigenvalue weighted by molar-refractivity contribution is -0.116. The van der Waals surface area contributed by atoms with Crippen molar-refractivity contribution in [2.24, 2.45) is 0 Å². The number of pyridine rings is 1. The highest BCUT2D eigenvalue weighted by Gasteiger charge is 2.20. The zero-order chi connectivity index (χ0) is 23.5. The minimum Gasteiger partial charge on any atom is -0.310 e. The summed E-state index contributed by atoms with van der Waals surface area (Å²) in [5.41, 5.74) is 5.04. The van der Waals surface area contributed by atoms with E-state index in [1.54, 1.807) is 4.68 Å². The standard InChI is InChI=1S/C29H26N4O/c1-20-17-27(30-26-16-10-9-15-24(20)26)33-28(18-21(2)32-33)31-29(34)19-25(22-11-5-3-6-12-22)23-13-7-4-8-14-23/h3-18,25H,19H2,1-2H3,(H,31,34). The Labute approximate surface area is 199 Å². The Morgan fingerprint density at radius 2 is 1.47 bits per heavy atom. The van der Waals surface area contributed by atoms with Crippen molar-refractivity contribution in [1.82, 2.24) is 14.8 Å². The van der Waals surface area contributed by atoms with Gasteiger partial charge in [0.15, 0.2) is 5.82 Å². The first-order valence-electron chi connectivity index (χ1n) is 11.4. The van der Waals surface area contributed by atoms with Gasteiger partial charge in [0.25, 0.3) is 0 Å². The Morgan fingerprint density at radius 1 is 0.853 bits per heavy atom. The summed E-state index contributed by atoms with van der Waals surface area (Å²) in [5, 5.41) is 8.81. The quantitative estimate of drug-likeness (QED) is 0.338. The highest BCUT2D eigenvalue weighted by Crippen LogP contribution is 2.29. The van der Waals surface area contributed by atoms with Crippen molar-refractivity contribution in [2.75, 3.05) is 5.32 Å². The van der Waals surface area contributed by atoms with Crippen molar-refractivity contribution in [2.45, 2.75) is 26.2 Å². The Kier molecular flexibility index (Phi) is 5.91. The molecule has 5 heteroatoms. The van der Waals surface area contributed by atoms with Crippen LogP contribution in [0.25, 0.3) is 16.7 Å². The lowest BCUT2D eigenvalue weighted by atomic mass is 9.88. The molecule has 0 spiro atoms. The fourth-order valence-electron chi connectivity index (χ4n) is 4.38. The summed E-state index contributed by atoms with van der Waals surface area (Å²) in [4.78, 5) is 18.1. The number of carbonyl (C=O) groups excluding carboxylic acids is 1. The van der Waals surface area contributed by atoms with Gasteiger partial charge in [-0.1, -0.05) is 78.9 Å². The van der Waals surface area contributed by atoms with Crippen molar-refractivity contribution < 1.29 is 4.79 Å². The van der Waals surface area contributed by atoms with Crippen LogP contribution >= 0.6 is 0 Å². The number of aryl methyl sites for hydroxylation is 2. The molecular formula is C29H26N4O. The van der Waals surface area contributed by atoms with E-state index < -0.39 is 0 Å². The van der Waals surface area contributed by atoms with Gasteiger partial charge in [-0.15, -0.1) is 0 Å². The molecule has 1 N–H and O–H groups in total. The molecule has 0 fully saturated rings. The predicted octanol–water partition coefficient (Wildman–Crippen LogP) is 6.20. The largest absolute Gasteiger partial charge is 0.310 e. The number of aromatic nitrogens is 3. The van der Waals surface area contributed by atoms with Crippen molar-refractivity contribution in [3.05, 3.63) is 119 Å². The van der Waals surface area contributed by atoms with Gasteiger partial charge in [-0.3, -0.25) is 4.79 Å². The van der Waals surface area contributed by atoms with E-state index in [2.05, 4.69) is 47.7 Å². The smallest absolute Gasteiger partial charge is 0.226 e. The van der Waals surface area contributed by atoms with E-state index in [4.69, 9.17) is 4.98 Å². The van der Waals surface area contributed by atoms with Crippen LogP contribution in [0.3, 0.4) is 0 Å². The molecule has 5 nitrogen and oxygen atoms in total. The molecule has 34 heavy (non-hydrogen) atoms. The number of nitrogens with zero attached hydrogens (tertiary/aromatic N) is 3. The summed E-state index contributed by atoms with van der Waals surface area (Å²) in [5.74, 6) is 1.18. The van der Waals surface area contributed by atoms with Gasteiger partial charge in [-0.2, -0.15) is 9.78 Å². The maximum absolute atomic E-state index is 13.3. The van der Waals surface area contributed by atoms with Gasteiger partial charge in [0.05, 0.1) is 11.2 Å². The first kappa shape index (κ1) is 21.6. The van der Waals surface area contributed by atoms with E-state index in [9.17, 15) is 4.79 Å². The molecule has 0 bridgehead atoms. The molecule has 0 aliphatic rings.